The number of aromatic hydroxyl groups is 1. The average molecular weight is 370 g/mol. The lowest BCUT2D eigenvalue weighted by Gasteiger charge is -2.26. The number of benzene rings is 2. The maximum atomic E-state index is 13.1. The van der Waals surface area contributed by atoms with Gasteiger partial charge in [-0.3, -0.25) is 9.59 Å². The van der Waals surface area contributed by atoms with Gasteiger partial charge in [0, 0.05) is 27.2 Å². The van der Waals surface area contributed by atoms with Crippen LogP contribution in [-0.4, -0.2) is 26.9 Å². The Hall–Kier alpha value is -2.79. The number of carboxylic acid groups (broad SMARTS) is 1. The standard InChI is InChI=1S/C20H16ClNO4/c21-12-3-1-10(2-4-12)19(24)16-8-11(20(25)26)7-15-14-9-13(23)5-6-17(14)22-18(15)16/h1-6,9,11,16,22-23H,7-8H2,(H,25,26). The summed E-state index contributed by atoms with van der Waals surface area (Å²) in [6.45, 7) is 0. The molecule has 1 aliphatic carbocycles. The van der Waals surface area contributed by atoms with Crippen molar-refractivity contribution in [3.63, 3.8) is 0 Å². The molecule has 0 saturated carbocycles. The van der Waals surface area contributed by atoms with Crippen LogP contribution in [0.15, 0.2) is 42.5 Å². The van der Waals surface area contributed by atoms with Crippen LogP contribution in [0.2, 0.25) is 5.02 Å². The van der Waals surface area contributed by atoms with E-state index in [9.17, 15) is 19.8 Å². The molecule has 0 amide bonds. The third-order valence-corrected chi connectivity index (χ3v) is 5.29. The van der Waals surface area contributed by atoms with Crippen molar-refractivity contribution in [1.82, 2.24) is 4.98 Å². The molecule has 2 unspecified atom stereocenters. The van der Waals surface area contributed by atoms with E-state index in [-0.39, 0.29) is 18.0 Å². The molecular formula is C20H16ClNO4. The van der Waals surface area contributed by atoms with Crippen LogP contribution in [0.25, 0.3) is 10.9 Å². The van der Waals surface area contributed by atoms with Crippen molar-refractivity contribution in [2.75, 3.05) is 0 Å². The summed E-state index contributed by atoms with van der Waals surface area (Å²) in [6, 6.07) is 11.5. The van der Waals surface area contributed by atoms with Crippen molar-refractivity contribution in [2.45, 2.75) is 18.8 Å². The third kappa shape index (κ3) is 2.74. The number of rotatable bonds is 3. The van der Waals surface area contributed by atoms with Gasteiger partial charge in [-0.15, -0.1) is 0 Å². The Bertz CT molecular complexity index is 1020. The van der Waals surface area contributed by atoms with Gasteiger partial charge in [0.15, 0.2) is 5.78 Å². The summed E-state index contributed by atoms with van der Waals surface area (Å²) >= 11 is 5.90. The zero-order chi connectivity index (χ0) is 18.4. The second-order valence-electron chi connectivity index (χ2n) is 6.65. The first-order valence-corrected chi connectivity index (χ1v) is 8.68. The van der Waals surface area contributed by atoms with Crippen LogP contribution in [0, 0.1) is 5.92 Å². The second kappa shape index (κ2) is 6.18. The molecule has 26 heavy (non-hydrogen) atoms. The highest BCUT2D eigenvalue weighted by Crippen LogP contribution is 2.41. The topological polar surface area (TPSA) is 90.4 Å². The van der Waals surface area contributed by atoms with E-state index in [4.69, 9.17) is 11.6 Å². The molecule has 0 saturated heterocycles. The zero-order valence-corrected chi connectivity index (χ0v) is 14.5. The number of aromatic nitrogens is 1. The Morgan fingerprint density at radius 1 is 1.12 bits per heavy atom. The number of carbonyl (C=O) groups is 2. The minimum Gasteiger partial charge on any atom is -0.508 e. The van der Waals surface area contributed by atoms with E-state index in [1.54, 1.807) is 42.5 Å². The molecule has 0 bridgehead atoms. The molecule has 5 nitrogen and oxygen atoms in total. The number of phenols is 1. The van der Waals surface area contributed by atoms with E-state index >= 15 is 0 Å². The van der Waals surface area contributed by atoms with Crippen LogP contribution in [0.3, 0.4) is 0 Å². The van der Waals surface area contributed by atoms with Crippen molar-refractivity contribution in [1.29, 1.82) is 0 Å². The molecule has 0 fully saturated rings. The Morgan fingerprint density at radius 2 is 1.85 bits per heavy atom. The first-order chi connectivity index (χ1) is 12.4. The van der Waals surface area contributed by atoms with Crippen molar-refractivity contribution in [3.05, 3.63) is 64.3 Å². The molecule has 0 spiro atoms. The zero-order valence-electron chi connectivity index (χ0n) is 13.7. The maximum absolute atomic E-state index is 13.1. The molecule has 2 aromatic carbocycles. The Labute approximate surface area is 154 Å². The number of aromatic amines is 1. The molecule has 3 N–H and O–H groups in total. The largest absolute Gasteiger partial charge is 0.508 e. The van der Waals surface area contributed by atoms with Gasteiger partial charge in [0.25, 0.3) is 0 Å². The summed E-state index contributed by atoms with van der Waals surface area (Å²) in [6.07, 6.45) is 0.571. The fraction of sp³-hybridized carbons (Fsp3) is 0.200. The monoisotopic (exact) mass is 369 g/mol. The summed E-state index contributed by atoms with van der Waals surface area (Å²) in [5.41, 5.74) is 2.82. The summed E-state index contributed by atoms with van der Waals surface area (Å²) < 4.78 is 0. The predicted octanol–water partition coefficient (Wildman–Crippen LogP) is 4.14. The van der Waals surface area contributed by atoms with Gasteiger partial charge in [0.2, 0.25) is 0 Å². The highest BCUT2D eigenvalue weighted by Gasteiger charge is 2.37. The number of aliphatic carboxylic acids is 1. The quantitative estimate of drug-likeness (QED) is 0.605. The van der Waals surface area contributed by atoms with Gasteiger partial charge in [-0.2, -0.15) is 0 Å². The Balaban J connectivity index is 1.84. The summed E-state index contributed by atoms with van der Waals surface area (Å²) in [5.74, 6) is -2.17. The number of H-pyrrole nitrogens is 1. The van der Waals surface area contributed by atoms with Crippen molar-refractivity contribution < 1.29 is 19.8 Å². The van der Waals surface area contributed by atoms with Crippen LogP contribution in [0.4, 0.5) is 0 Å². The lowest BCUT2D eigenvalue weighted by molar-refractivity contribution is -0.142. The minimum atomic E-state index is -0.918. The molecule has 0 aliphatic heterocycles. The number of carboxylic acids is 1. The van der Waals surface area contributed by atoms with Gasteiger partial charge < -0.3 is 15.2 Å². The number of carbonyl (C=O) groups excluding carboxylic acids is 1. The van der Waals surface area contributed by atoms with Gasteiger partial charge in [-0.25, -0.2) is 0 Å². The molecule has 1 heterocycles. The molecule has 132 valence electrons. The van der Waals surface area contributed by atoms with E-state index in [0.717, 1.165) is 22.2 Å². The number of halogens is 1. The summed E-state index contributed by atoms with van der Waals surface area (Å²) in [7, 11) is 0. The first-order valence-electron chi connectivity index (χ1n) is 8.30. The van der Waals surface area contributed by atoms with Gasteiger partial charge in [0.05, 0.1) is 11.8 Å². The van der Waals surface area contributed by atoms with Crippen LogP contribution < -0.4 is 0 Å². The van der Waals surface area contributed by atoms with E-state index in [2.05, 4.69) is 4.98 Å². The van der Waals surface area contributed by atoms with E-state index in [1.807, 2.05) is 0 Å². The first kappa shape index (κ1) is 16.7. The van der Waals surface area contributed by atoms with Gasteiger partial charge in [-0.1, -0.05) is 11.6 Å². The number of hydrogen-bond donors (Lipinski definition) is 3. The SMILES string of the molecule is O=C(O)C1Cc2c([nH]c3ccc(O)cc23)C(C(=O)c2ccc(Cl)cc2)C1. The number of fused-ring (bicyclic) bond motifs is 3. The predicted molar refractivity (Wildman–Crippen MR) is 97.9 cm³/mol. The van der Waals surface area contributed by atoms with Crippen molar-refractivity contribution >= 4 is 34.3 Å². The molecule has 6 heteroatoms. The van der Waals surface area contributed by atoms with E-state index in [1.165, 1.54) is 0 Å². The highest BCUT2D eigenvalue weighted by atomic mass is 35.5. The summed E-state index contributed by atoms with van der Waals surface area (Å²) in [5, 5.41) is 20.6. The van der Waals surface area contributed by atoms with Crippen molar-refractivity contribution in [2.24, 2.45) is 5.92 Å². The Morgan fingerprint density at radius 3 is 2.54 bits per heavy atom. The van der Waals surface area contributed by atoms with E-state index < -0.39 is 17.8 Å². The number of ketones is 1. The van der Waals surface area contributed by atoms with Crippen LogP contribution in [-0.2, 0) is 11.2 Å². The lowest BCUT2D eigenvalue weighted by atomic mass is 9.76. The van der Waals surface area contributed by atoms with Crippen LogP contribution in [0.1, 0.15) is 34.0 Å². The smallest absolute Gasteiger partial charge is 0.306 e. The van der Waals surface area contributed by atoms with Gasteiger partial charge in [-0.05, 0) is 60.9 Å². The maximum Gasteiger partial charge on any atom is 0.306 e. The normalized spacial score (nSPS) is 19.3. The highest BCUT2D eigenvalue weighted by molar-refractivity contribution is 6.30. The van der Waals surface area contributed by atoms with Gasteiger partial charge in [0.1, 0.15) is 5.75 Å². The van der Waals surface area contributed by atoms with Crippen LogP contribution in [0.5, 0.6) is 5.75 Å². The minimum absolute atomic E-state index is 0.109. The average Bonchev–Trinajstić information content (AvgIpc) is 2.99. The summed E-state index contributed by atoms with van der Waals surface area (Å²) in [4.78, 5) is 28.0. The molecule has 0 radical (unpaired) electrons. The fourth-order valence-corrected chi connectivity index (χ4v) is 3.87. The van der Waals surface area contributed by atoms with E-state index in [0.29, 0.717) is 17.0 Å². The number of Topliss-reactive ketones (excluding diaryl/α,β-unsaturated/α-hetero) is 1. The fourth-order valence-electron chi connectivity index (χ4n) is 3.75. The second-order valence-corrected chi connectivity index (χ2v) is 7.08. The van der Waals surface area contributed by atoms with Crippen LogP contribution >= 0.6 is 11.6 Å². The van der Waals surface area contributed by atoms with Gasteiger partial charge >= 0.3 is 5.97 Å². The van der Waals surface area contributed by atoms with Crippen molar-refractivity contribution in [3.8, 4) is 5.75 Å². The molecular weight excluding hydrogens is 354 g/mol. The number of hydrogen-bond acceptors (Lipinski definition) is 3. The molecule has 1 aromatic heterocycles. The molecule has 2 atom stereocenters. The third-order valence-electron chi connectivity index (χ3n) is 5.04. The number of nitrogens with one attached hydrogen (secondary N) is 1. The molecule has 1 aliphatic rings. The Kier molecular flexibility index (Phi) is 3.96. The lowest BCUT2D eigenvalue weighted by Crippen LogP contribution is -2.28. The molecule has 3 aromatic rings. The molecule has 4 rings (SSSR count). The number of phenolic OH excluding ortho intramolecular Hbond substituents is 1.